The van der Waals surface area contributed by atoms with Crippen molar-refractivity contribution in [3.05, 3.63) is 70.2 Å². The van der Waals surface area contributed by atoms with E-state index in [1.165, 1.54) is 16.0 Å². The SMILES string of the molecule is CCc1sc2nc(-c3ccc(C)c(C)c3)c(C=O)n2c1-c1ccccc1. The van der Waals surface area contributed by atoms with Crippen molar-refractivity contribution in [1.82, 2.24) is 9.38 Å². The van der Waals surface area contributed by atoms with Gasteiger partial charge in [0.1, 0.15) is 11.4 Å². The van der Waals surface area contributed by atoms with Gasteiger partial charge >= 0.3 is 0 Å². The summed E-state index contributed by atoms with van der Waals surface area (Å²) in [7, 11) is 0. The number of nitrogens with zero attached hydrogens (tertiary/aromatic N) is 2. The van der Waals surface area contributed by atoms with E-state index in [2.05, 4.69) is 45.0 Å². The van der Waals surface area contributed by atoms with E-state index < -0.39 is 0 Å². The van der Waals surface area contributed by atoms with E-state index in [4.69, 9.17) is 4.98 Å². The number of carbonyl (C=O) groups is 1. The van der Waals surface area contributed by atoms with E-state index >= 15 is 0 Å². The van der Waals surface area contributed by atoms with Gasteiger partial charge < -0.3 is 0 Å². The molecule has 0 aliphatic heterocycles. The lowest BCUT2D eigenvalue weighted by molar-refractivity contribution is 0.111. The highest BCUT2D eigenvalue weighted by atomic mass is 32.1. The Morgan fingerprint density at radius 2 is 1.81 bits per heavy atom. The van der Waals surface area contributed by atoms with Crippen LogP contribution in [-0.2, 0) is 6.42 Å². The number of rotatable bonds is 4. The van der Waals surface area contributed by atoms with Crippen LogP contribution in [0.15, 0.2) is 48.5 Å². The molecule has 0 radical (unpaired) electrons. The van der Waals surface area contributed by atoms with Gasteiger partial charge in [-0.1, -0.05) is 49.4 Å². The summed E-state index contributed by atoms with van der Waals surface area (Å²) < 4.78 is 2.02. The molecule has 2 heterocycles. The van der Waals surface area contributed by atoms with Crippen LogP contribution < -0.4 is 0 Å². The minimum Gasteiger partial charge on any atom is -0.296 e. The van der Waals surface area contributed by atoms with Gasteiger partial charge in [0.25, 0.3) is 0 Å². The summed E-state index contributed by atoms with van der Waals surface area (Å²) in [5.74, 6) is 0. The molecule has 0 aliphatic rings. The van der Waals surface area contributed by atoms with Gasteiger partial charge in [-0.2, -0.15) is 0 Å². The maximum atomic E-state index is 12.1. The third-order valence-electron chi connectivity index (χ3n) is 4.84. The Bertz CT molecular complexity index is 1110. The lowest BCUT2D eigenvalue weighted by Gasteiger charge is -2.07. The second-order valence-corrected chi connectivity index (χ2v) is 7.54. The van der Waals surface area contributed by atoms with Gasteiger partial charge in [-0.3, -0.25) is 9.20 Å². The number of fused-ring (bicyclic) bond motifs is 1. The van der Waals surface area contributed by atoms with Crippen molar-refractivity contribution in [2.75, 3.05) is 0 Å². The smallest absolute Gasteiger partial charge is 0.195 e. The highest BCUT2D eigenvalue weighted by molar-refractivity contribution is 7.17. The van der Waals surface area contributed by atoms with Gasteiger partial charge in [0.2, 0.25) is 0 Å². The first-order valence-electron chi connectivity index (χ1n) is 8.76. The second kappa shape index (κ2) is 6.54. The van der Waals surface area contributed by atoms with E-state index in [0.29, 0.717) is 5.69 Å². The Morgan fingerprint density at radius 1 is 1.04 bits per heavy atom. The maximum Gasteiger partial charge on any atom is 0.195 e. The Labute approximate surface area is 157 Å². The zero-order chi connectivity index (χ0) is 18.3. The zero-order valence-electron chi connectivity index (χ0n) is 15.1. The molecule has 4 aromatic rings. The molecular weight excluding hydrogens is 340 g/mol. The number of thiazole rings is 1. The average Bonchev–Trinajstić information content (AvgIpc) is 3.19. The third-order valence-corrected chi connectivity index (χ3v) is 6.03. The lowest BCUT2D eigenvalue weighted by Crippen LogP contribution is -1.96. The Kier molecular flexibility index (Phi) is 4.21. The van der Waals surface area contributed by atoms with Crippen molar-refractivity contribution in [2.24, 2.45) is 0 Å². The molecule has 0 amide bonds. The van der Waals surface area contributed by atoms with Crippen LogP contribution in [0.4, 0.5) is 0 Å². The van der Waals surface area contributed by atoms with Gasteiger partial charge in [0.15, 0.2) is 11.2 Å². The van der Waals surface area contributed by atoms with Crippen molar-refractivity contribution in [1.29, 1.82) is 0 Å². The molecule has 4 rings (SSSR count). The molecule has 3 nitrogen and oxygen atoms in total. The van der Waals surface area contributed by atoms with Crippen LogP contribution in [0.1, 0.15) is 33.4 Å². The van der Waals surface area contributed by atoms with Gasteiger partial charge in [0.05, 0.1) is 5.69 Å². The fraction of sp³-hybridized carbons (Fsp3) is 0.182. The monoisotopic (exact) mass is 360 g/mol. The molecule has 0 aliphatic carbocycles. The van der Waals surface area contributed by atoms with Gasteiger partial charge in [-0.25, -0.2) is 4.98 Å². The molecule has 4 heteroatoms. The largest absolute Gasteiger partial charge is 0.296 e. The molecular formula is C22H20N2OS. The molecule has 2 aromatic heterocycles. The number of carbonyl (C=O) groups excluding carboxylic acids is 1. The van der Waals surface area contributed by atoms with Crippen LogP contribution in [0.2, 0.25) is 0 Å². The summed E-state index contributed by atoms with van der Waals surface area (Å²) in [6, 6.07) is 16.5. The van der Waals surface area contributed by atoms with Crippen LogP contribution in [0.3, 0.4) is 0 Å². The molecule has 0 unspecified atom stereocenters. The van der Waals surface area contributed by atoms with Crippen molar-refractivity contribution in [2.45, 2.75) is 27.2 Å². The first kappa shape index (κ1) is 16.7. The normalized spacial score (nSPS) is 11.2. The Morgan fingerprint density at radius 3 is 2.46 bits per heavy atom. The summed E-state index contributed by atoms with van der Waals surface area (Å²) in [6.07, 6.45) is 1.85. The van der Waals surface area contributed by atoms with Crippen LogP contribution in [0.25, 0.3) is 27.5 Å². The second-order valence-electron chi connectivity index (χ2n) is 6.47. The minimum absolute atomic E-state index is 0.623. The summed E-state index contributed by atoms with van der Waals surface area (Å²) in [4.78, 5) is 19.0. The number of aromatic nitrogens is 2. The lowest BCUT2D eigenvalue weighted by atomic mass is 10.0. The molecule has 2 aromatic carbocycles. The quantitative estimate of drug-likeness (QED) is 0.436. The van der Waals surface area contributed by atoms with Crippen molar-refractivity contribution >= 4 is 22.6 Å². The average molecular weight is 360 g/mol. The fourth-order valence-electron chi connectivity index (χ4n) is 3.32. The van der Waals surface area contributed by atoms with Gasteiger partial charge in [0, 0.05) is 10.4 Å². The van der Waals surface area contributed by atoms with Gasteiger partial charge in [-0.05, 0) is 43.0 Å². The molecule has 0 spiro atoms. The molecule has 0 saturated heterocycles. The Balaban J connectivity index is 2.02. The highest BCUT2D eigenvalue weighted by Gasteiger charge is 2.21. The van der Waals surface area contributed by atoms with E-state index in [-0.39, 0.29) is 0 Å². The molecule has 0 atom stereocenters. The third kappa shape index (κ3) is 2.58. The predicted octanol–water partition coefficient (Wildman–Crippen LogP) is 5.72. The van der Waals surface area contributed by atoms with Crippen LogP contribution in [0, 0.1) is 13.8 Å². The maximum absolute atomic E-state index is 12.1. The topological polar surface area (TPSA) is 34.4 Å². The van der Waals surface area contributed by atoms with Crippen molar-refractivity contribution in [3.63, 3.8) is 0 Å². The first-order valence-corrected chi connectivity index (χ1v) is 9.58. The van der Waals surface area contributed by atoms with Crippen LogP contribution in [-0.4, -0.2) is 15.7 Å². The van der Waals surface area contributed by atoms with Crippen molar-refractivity contribution < 1.29 is 4.79 Å². The summed E-state index contributed by atoms with van der Waals surface area (Å²) in [5.41, 5.74) is 7.00. The number of imidazole rings is 1. The van der Waals surface area contributed by atoms with Crippen LogP contribution in [0.5, 0.6) is 0 Å². The number of aryl methyl sites for hydroxylation is 3. The minimum atomic E-state index is 0.623. The molecule has 130 valence electrons. The molecule has 0 bridgehead atoms. The standard InChI is InChI=1S/C22H20N2OS/c1-4-19-21(16-8-6-5-7-9-16)24-18(13-25)20(23-22(24)26-19)17-11-10-14(2)15(3)12-17/h5-13H,4H2,1-3H3. The first-order chi connectivity index (χ1) is 12.6. The fourth-order valence-corrected chi connectivity index (χ4v) is 4.40. The van der Waals surface area contributed by atoms with E-state index in [1.807, 2.05) is 28.7 Å². The Hall–Kier alpha value is -2.72. The van der Waals surface area contributed by atoms with E-state index in [0.717, 1.165) is 40.2 Å². The number of hydrogen-bond acceptors (Lipinski definition) is 3. The van der Waals surface area contributed by atoms with E-state index in [1.54, 1.807) is 11.3 Å². The summed E-state index contributed by atoms with van der Waals surface area (Å²) >= 11 is 1.66. The zero-order valence-corrected chi connectivity index (χ0v) is 15.9. The van der Waals surface area contributed by atoms with Gasteiger partial charge in [-0.15, -0.1) is 11.3 Å². The van der Waals surface area contributed by atoms with Crippen molar-refractivity contribution in [3.8, 4) is 22.5 Å². The summed E-state index contributed by atoms with van der Waals surface area (Å²) in [5, 5.41) is 0. The molecule has 26 heavy (non-hydrogen) atoms. The highest BCUT2D eigenvalue weighted by Crippen LogP contribution is 2.36. The molecule has 0 fully saturated rings. The molecule has 0 saturated carbocycles. The van der Waals surface area contributed by atoms with E-state index in [9.17, 15) is 4.79 Å². The predicted molar refractivity (Wildman–Crippen MR) is 108 cm³/mol. The summed E-state index contributed by atoms with van der Waals surface area (Å²) in [6.45, 7) is 6.32. The number of benzene rings is 2. The number of aldehydes is 1. The van der Waals surface area contributed by atoms with Crippen LogP contribution >= 0.6 is 11.3 Å². The molecule has 0 N–H and O–H groups in total. The number of hydrogen-bond donors (Lipinski definition) is 0.